The van der Waals surface area contributed by atoms with Gasteiger partial charge in [0.05, 0.1) is 17.5 Å². The summed E-state index contributed by atoms with van der Waals surface area (Å²) in [6.45, 7) is 3.22. The van der Waals surface area contributed by atoms with E-state index >= 15 is 0 Å². The second kappa shape index (κ2) is 7.30. The van der Waals surface area contributed by atoms with Crippen LogP contribution in [-0.4, -0.2) is 41.8 Å². The van der Waals surface area contributed by atoms with Crippen molar-refractivity contribution >= 4 is 17.8 Å². The first-order valence-corrected chi connectivity index (χ1v) is 9.95. The zero-order valence-electron chi connectivity index (χ0n) is 16.2. The molecule has 2 aliphatic carbocycles. The average molecular weight is 382 g/mol. The van der Waals surface area contributed by atoms with Crippen LogP contribution in [0.2, 0.25) is 0 Å². The van der Waals surface area contributed by atoms with Crippen LogP contribution in [0.15, 0.2) is 47.2 Å². The summed E-state index contributed by atoms with van der Waals surface area (Å²) >= 11 is 0. The van der Waals surface area contributed by atoms with Crippen LogP contribution < -0.4 is 21.8 Å². The first-order valence-electron chi connectivity index (χ1n) is 9.95. The van der Waals surface area contributed by atoms with Crippen LogP contribution in [0.5, 0.6) is 0 Å². The van der Waals surface area contributed by atoms with E-state index in [4.69, 9.17) is 11.1 Å². The van der Waals surface area contributed by atoms with Crippen LogP contribution >= 0.6 is 0 Å². The summed E-state index contributed by atoms with van der Waals surface area (Å²) in [5, 5.41) is 12.0. The van der Waals surface area contributed by atoms with Crippen LogP contribution in [0.25, 0.3) is 0 Å². The molecule has 2 fully saturated rings. The molecule has 2 saturated heterocycles. The maximum absolute atomic E-state index is 12.8. The average Bonchev–Trinajstić information content (AvgIpc) is 2.68. The number of hydrogen-bond donors (Lipinski definition) is 4. The minimum atomic E-state index is -0.248. The molecule has 0 bridgehead atoms. The number of amidine groups is 1. The summed E-state index contributed by atoms with van der Waals surface area (Å²) in [4.78, 5) is 27.0. The molecule has 7 nitrogen and oxygen atoms in total. The highest BCUT2D eigenvalue weighted by atomic mass is 16.2. The van der Waals surface area contributed by atoms with Crippen LogP contribution in [-0.2, 0) is 4.79 Å². The number of allylic oxidation sites excluding steroid dienone is 5. The highest BCUT2D eigenvalue weighted by molar-refractivity contribution is 6.06. The molecule has 148 valence electrons. The van der Waals surface area contributed by atoms with Crippen molar-refractivity contribution in [2.75, 3.05) is 13.1 Å². The lowest BCUT2D eigenvalue weighted by molar-refractivity contribution is -0.131. The molecule has 0 aromatic heterocycles. The van der Waals surface area contributed by atoms with Crippen molar-refractivity contribution in [1.29, 1.82) is 0 Å². The summed E-state index contributed by atoms with van der Waals surface area (Å²) in [5.74, 6) is 0.804. The Labute approximate surface area is 164 Å². The number of urea groups is 1. The smallest absolute Gasteiger partial charge is 0.401 e. The van der Waals surface area contributed by atoms with Crippen LogP contribution in [0, 0.1) is 17.8 Å². The van der Waals surface area contributed by atoms with Crippen LogP contribution in [0.4, 0.5) is 4.79 Å². The predicted octanol–water partition coefficient (Wildman–Crippen LogP) is -0.0148. The van der Waals surface area contributed by atoms with Crippen molar-refractivity contribution in [1.82, 2.24) is 15.5 Å². The van der Waals surface area contributed by atoms with E-state index in [2.05, 4.69) is 23.6 Å². The van der Waals surface area contributed by atoms with E-state index in [1.54, 1.807) is 4.90 Å². The lowest BCUT2D eigenvalue weighted by atomic mass is 9.66. The largest absolute Gasteiger partial charge is 0.409 e. The number of rotatable bonds is 1. The van der Waals surface area contributed by atoms with Crippen molar-refractivity contribution in [3.05, 3.63) is 47.2 Å². The first-order chi connectivity index (χ1) is 13.5. The quantitative estimate of drug-likeness (QED) is 0.378. The lowest BCUT2D eigenvalue weighted by Gasteiger charge is -2.48. The lowest BCUT2D eigenvalue weighted by Crippen LogP contribution is -2.64. The fraction of sp³-hybridized carbons (Fsp3) is 0.476. The molecule has 4 atom stereocenters. The van der Waals surface area contributed by atoms with E-state index in [9.17, 15) is 9.59 Å². The Balaban J connectivity index is 1.43. The monoisotopic (exact) mass is 382 g/mol. The van der Waals surface area contributed by atoms with Crippen LogP contribution in [0.1, 0.15) is 26.2 Å². The van der Waals surface area contributed by atoms with Crippen molar-refractivity contribution < 1.29 is 15.0 Å². The minimum Gasteiger partial charge on any atom is -0.401 e. The molecule has 2 aliphatic heterocycles. The molecule has 0 aromatic carbocycles. The first kappa shape index (κ1) is 18.5. The third-order valence-electron chi connectivity index (χ3n) is 6.38. The number of fused-ring (bicyclic) bond motifs is 3. The molecular formula is C21H28N5O2+. The Morgan fingerprint density at radius 2 is 2.25 bits per heavy atom. The molecule has 4 unspecified atom stereocenters. The highest BCUT2D eigenvalue weighted by Gasteiger charge is 2.47. The molecule has 0 aromatic rings. The number of nitrogens with one attached hydrogen (secondary N) is 2. The molecule has 0 radical (unpaired) electrons. The number of hydrogen-bond acceptors (Lipinski definition) is 3. The van der Waals surface area contributed by atoms with Gasteiger partial charge in [-0.15, -0.1) is 0 Å². The minimum absolute atomic E-state index is 0.0387. The standard InChI is InChI=1S/C21H27N5O2/c1-12-5-4-7-15-18(12)14-9-10-26(11-17(14)24-20(15)27)21(28)25-19(23)13-6-2-3-8-16(13)22/h2,4-7,14-15,17-18H,3,8-11,22H2,1H3,(H,24,27)(H2,23,25,28)/p+1. The maximum atomic E-state index is 12.8. The summed E-state index contributed by atoms with van der Waals surface area (Å²) in [6.07, 6.45) is 12.4. The molecule has 3 amide bonds. The predicted molar refractivity (Wildman–Crippen MR) is 107 cm³/mol. The number of carbonyl (C=O) groups excluding carboxylic acids is 2. The summed E-state index contributed by atoms with van der Waals surface area (Å²) < 4.78 is 0. The Morgan fingerprint density at radius 1 is 1.43 bits per heavy atom. The molecule has 7 heteroatoms. The zero-order chi connectivity index (χ0) is 19.8. The van der Waals surface area contributed by atoms with Crippen molar-refractivity contribution in [2.45, 2.75) is 32.2 Å². The van der Waals surface area contributed by atoms with E-state index in [0.29, 0.717) is 30.3 Å². The van der Waals surface area contributed by atoms with Gasteiger partial charge < -0.3 is 16.0 Å². The van der Waals surface area contributed by atoms with Crippen molar-refractivity contribution in [3.8, 4) is 0 Å². The van der Waals surface area contributed by atoms with Gasteiger partial charge in [-0.2, -0.15) is 5.32 Å². The van der Waals surface area contributed by atoms with Gasteiger partial charge in [-0.25, -0.2) is 4.79 Å². The Hall–Kier alpha value is -2.83. The summed E-state index contributed by atoms with van der Waals surface area (Å²) in [6, 6.07) is -0.286. The Kier molecular flexibility index (Phi) is 4.83. The van der Waals surface area contributed by atoms with E-state index in [1.807, 2.05) is 24.3 Å². The van der Waals surface area contributed by atoms with Crippen LogP contribution in [0.3, 0.4) is 0 Å². The zero-order valence-corrected chi connectivity index (χ0v) is 16.2. The van der Waals surface area contributed by atoms with Gasteiger partial charge >= 0.3 is 6.03 Å². The number of carbonyl (C=O) groups is 2. The van der Waals surface area contributed by atoms with E-state index < -0.39 is 0 Å². The molecule has 28 heavy (non-hydrogen) atoms. The second-order valence-corrected chi connectivity index (χ2v) is 8.08. The second-order valence-electron chi connectivity index (χ2n) is 8.08. The number of nitrogens with two attached hydrogens (primary N) is 2. The van der Waals surface area contributed by atoms with Gasteiger partial charge in [-0.3, -0.25) is 10.2 Å². The molecule has 0 spiro atoms. The molecule has 4 aliphatic rings. The van der Waals surface area contributed by atoms with Crippen molar-refractivity contribution in [2.24, 2.45) is 23.5 Å². The van der Waals surface area contributed by atoms with E-state index in [1.165, 1.54) is 5.57 Å². The SMILES string of the molecule is CC1=CC=CC2C(=O)NC3CN(C(=O)NC(=[NH2+])C4=C(N)CCC=C4)CCC3C12. The van der Waals surface area contributed by atoms with Gasteiger partial charge in [0.2, 0.25) is 5.91 Å². The molecule has 6 N–H and O–H groups in total. The fourth-order valence-electron chi connectivity index (χ4n) is 4.92. The third kappa shape index (κ3) is 3.25. The summed E-state index contributed by atoms with van der Waals surface area (Å²) in [5.41, 5.74) is 8.65. The van der Waals surface area contributed by atoms with Gasteiger partial charge in [-0.05, 0) is 44.1 Å². The third-order valence-corrected chi connectivity index (χ3v) is 6.38. The molecule has 2 heterocycles. The topological polar surface area (TPSA) is 113 Å². The van der Waals surface area contributed by atoms with Gasteiger partial charge in [0.25, 0.3) is 5.84 Å². The van der Waals surface area contributed by atoms with Gasteiger partial charge in [0.15, 0.2) is 0 Å². The molecular weight excluding hydrogens is 354 g/mol. The van der Waals surface area contributed by atoms with Crippen molar-refractivity contribution in [3.63, 3.8) is 0 Å². The number of nitrogens with zero attached hydrogens (tertiary/aromatic N) is 1. The fourth-order valence-corrected chi connectivity index (χ4v) is 4.92. The Bertz CT molecular complexity index is 838. The normalized spacial score (nSPS) is 31.5. The highest BCUT2D eigenvalue weighted by Crippen LogP contribution is 2.41. The van der Waals surface area contributed by atoms with Gasteiger partial charge in [0, 0.05) is 18.8 Å². The van der Waals surface area contributed by atoms with E-state index in [0.717, 1.165) is 19.3 Å². The number of amides is 3. The van der Waals surface area contributed by atoms with E-state index in [-0.39, 0.29) is 35.7 Å². The van der Waals surface area contributed by atoms with Gasteiger partial charge in [-0.1, -0.05) is 29.9 Å². The maximum Gasteiger partial charge on any atom is 0.409 e. The summed E-state index contributed by atoms with van der Waals surface area (Å²) in [7, 11) is 0. The number of piperidine rings is 2. The molecule has 4 rings (SSSR count). The molecule has 0 saturated carbocycles. The Morgan fingerprint density at radius 3 is 3.04 bits per heavy atom. The van der Waals surface area contributed by atoms with Gasteiger partial charge in [0.1, 0.15) is 0 Å². The number of likely N-dealkylation sites (tertiary alicyclic amines) is 1.